The van der Waals surface area contributed by atoms with E-state index in [0.29, 0.717) is 25.1 Å². The molecule has 1 aromatic rings. The van der Waals surface area contributed by atoms with Crippen molar-refractivity contribution >= 4 is 15.9 Å². The van der Waals surface area contributed by atoms with Gasteiger partial charge in [0, 0.05) is 31.7 Å². The Bertz CT molecular complexity index is 563. The number of nitrogens with zero attached hydrogens (tertiary/aromatic N) is 1. The highest BCUT2D eigenvalue weighted by Crippen LogP contribution is 2.14. The predicted octanol–water partition coefficient (Wildman–Crippen LogP) is -0.903. The molecule has 0 radical (unpaired) electrons. The van der Waals surface area contributed by atoms with E-state index in [9.17, 15) is 13.2 Å². The summed E-state index contributed by atoms with van der Waals surface area (Å²) in [5.74, 6) is -0.0560. The second-order valence-electron chi connectivity index (χ2n) is 4.31. The first-order chi connectivity index (χ1) is 9.03. The van der Waals surface area contributed by atoms with Gasteiger partial charge in [0.2, 0.25) is 15.9 Å². The van der Waals surface area contributed by atoms with Crippen LogP contribution in [0.1, 0.15) is 18.5 Å². The van der Waals surface area contributed by atoms with Crippen molar-refractivity contribution in [2.75, 3.05) is 6.54 Å². The van der Waals surface area contributed by atoms with Crippen LogP contribution >= 0.6 is 0 Å². The first kappa shape index (κ1) is 13.9. The third-order valence-electron chi connectivity index (χ3n) is 2.92. The Morgan fingerprint density at radius 3 is 2.95 bits per heavy atom. The maximum Gasteiger partial charge on any atom is 0.242 e. The van der Waals surface area contributed by atoms with Gasteiger partial charge in [-0.1, -0.05) is 0 Å². The summed E-state index contributed by atoms with van der Waals surface area (Å²) < 4.78 is 27.1. The first-order valence-corrected chi connectivity index (χ1v) is 7.44. The van der Waals surface area contributed by atoms with Crippen LogP contribution < -0.4 is 15.8 Å². The number of piperidine rings is 1. The monoisotopic (exact) mass is 284 g/mol. The van der Waals surface area contributed by atoms with Crippen molar-refractivity contribution in [1.29, 1.82) is 0 Å². The zero-order valence-corrected chi connectivity index (χ0v) is 11.1. The number of sulfonamides is 1. The Kier molecular flexibility index (Phi) is 4.13. The minimum atomic E-state index is -3.66. The molecule has 0 bridgehead atoms. The van der Waals surface area contributed by atoms with E-state index in [0.717, 1.165) is 0 Å². The van der Waals surface area contributed by atoms with E-state index in [1.807, 2.05) is 0 Å². The Labute approximate surface area is 111 Å². The highest BCUT2D eigenvalue weighted by atomic mass is 32.2. The van der Waals surface area contributed by atoms with Crippen LogP contribution in [0.15, 0.2) is 23.2 Å². The van der Waals surface area contributed by atoms with Crippen LogP contribution in [0.4, 0.5) is 0 Å². The van der Waals surface area contributed by atoms with Crippen LogP contribution in [-0.2, 0) is 21.4 Å². The summed E-state index contributed by atoms with van der Waals surface area (Å²) in [7, 11) is -3.66. The summed E-state index contributed by atoms with van der Waals surface area (Å²) >= 11 is 0. The third-order valence-corrected chi connectivity index (χ3v) is 4.51. The maximum atomic E-state index is 12.2. The number of carbonyl (C=O) groups is 1. The summed E-state index contributed by atoms with van der Waals surface area (Å²) in [5.41, 5.74) is 5.82. The number of aromatic nitrogens is 1. The summed E-state index contributed by atoms with van der Waals surface area (Å²) in [6, 6.07) is 2.73. The van der Waals surface area contributed by atoms with Gasteiger partial charge in [-0.25, -0.2) is 13.1 Å². The predicted molar refractivity (Wildman–Crippen MR) is 68.5 cm³/mol. The van der Waals surface area contributed by atoms with Crippen LogP contribution in [-0.4, -0.2) is 31.9 Å². The summed E-state index contributed by atoms with van der Waals surface area (Å²) in [4.78, 5) is 15.1. The van der Waals surface area contributed by atoms with Gasteiger partial charge in [-0.3, -0.25) is 9.78 Å². The van der Waals surface area contributed by atoms with Crippen LogP contribution in [0.3, 0.4) is 0 Å². The van der Waals surface area contributed by atoms with Crippen molar-refractivity contribution in [2.24, 2.45) is 5.73 Å². The lowest BCUT2D eigenvalue weighted by molar-refractivity contribution is -0.122. The number of carbonyl (C=O) groups excluding carboxylic acids is 1. The number of hydrogen-bond acceptors (Lipinski definition) is 5. The fourth-order valence-electron chi connectivity index (χ4n) is 1.94. The van der Waals surface area contributed by atoms with Crippen LogP contribution in [0.25, 0.3) is 0 Å². The molecule has 0 aliphatic carbocycles. The number of amides is 1. The highest BCUT2D eigenvalue weighted by molar-refractivity contribution is 7.89. The van der Waals surface area contributed by atoms with E-state index in [-0.39, 0.29) is 23.4 Å². The molecule has 7 nitrogen and oxygen atoms in total. The van der Waals surface area contributed by atoms with Gasteiger partial charge in [0.05, 0.1) is 5.69 Å². The minimum Gasteiger partial charge on any atom is -0.355 e. The van der Waals surface area contributed by atoms with Gasteiger partial charge in [-0.05, 0) is 18.6 Å². The van der Waals surface area contributed by atoms with Crippen molar-refractivity contribution in [3.8, 4) is 0 Å². The van der Waals surface area contributed by atoms with Crippen molar-refractivity contribution in [3.05, 3.63) is 24.0 Å². The molecule has 2 rings (SSSR count). The van der Waals surface area contributed by atoms with E-state index >= 15 is 0 Å². The van der Waals surface area contributed by atoms with Gasteiger partial charge in [0.25, 0.3) is 0 Å². The van der Waals surface area contributed by atoms with E-state index in [1.165, 1.54) is 12.3 Å². The Morgan fingerprint density at radius 1 is 1.53 bits per heavy atom. The zero-order valence-electron chi connectivity index (χ0n) is 10.3. The molecule has 0 aromatic carbocycles. The first-order valence-electron chi connectivity index (χ1n) is 5.96. The van der Waals surface area contributed by atoms with E-state index in [2.05, 4.69) is 15.0 Å². The van der Waals surface area contributed by atoms with Crippen molar-refractivity contribution in [2.45, 2.75) is 30.3 Å². The molecule has 1 unspecified atom stereocenters. The van der Waals surface area contributed by atoms with Crippen LogP contribution in [0.2, 0.25) is 0 Å². The number of hydrogen-bond donors (Lipinski definition) is 3. The molecule has 1 aromatic heterocycles. The Morgan fingerprint density at radius 2 is 2.32 bits per heavy atom. The maximum absolute atomic E-state index is 12.2. The van der Waals surface area contributed by atoms with E-state index in [4.69, 9.17) is 5.73 Å². The molecule has 0 saturated carbocycles. The topological polar surface area (TPSA) is 114 Å². The molecule has 1 aliphatic heterocycles. The van der Waals surface area contributed by atoms with Crippen molar-refractivity contribution in [3.63, 3.8) is 0 Å². The lowest BCUT2D eigenvalue weighted by Gasteiger charge is -2.23. The van der Waals surface area contributed by atoms with Gasteiger partial charge in [0.1, 0.15) is 4.90 Å². The van der Waals surface area contributed by atoms with Crippen LogP contribution in [0.5, 0.6) is 0 Å². The van der Waals surface area contributed by atoms with Crippen molar-refractivity contribution in [1.82, 2.24) is 15.0 Å². The van der Waals surface area contributed by atoms with E-state index < -0.39 is 10.0 Å². The molecule has 104 valence electrons. The molecular weight excluding hydrogens is 268 g/mol. The molecule has 1 saturated heterocycles. The lowest BCUT2D eigenvalue weighted by Crippen LogP contribution is -2.47. The molecule has 1 amide bonds. The minimum absolute atomic E-state index is 0.0541. The summed E-state index contributed by atoms with van der Waals surface area (Å²) in [6.07, 6.45) is 2.31. The molecule has 0 spiro atoms. The lowest BCUT2D eigenvalue weighted by atomic mass is 10.1. The smallest absolute Gasteiger partial charge is 0.242 e. The number of nitrogens with two attached hydrogens (primary N) is 1. The quantitative estimate of drug-likeness (QED) is 0.663. The Hall–Kier alpha value is -1.51. The van der Waals surface area contributed by atoms with Gasteiger partial charge in [-0.2, -0.15) is 0 Å². The van der Waals surface area contributed by atoms with Gasteiger partial charge >= 0.3 is 0 Å². The number of pyridine rings is 1. The SMILES string of the molecule is NCc1ncccc1S(=O)(=O)NC1CCC(=O)NC1. The molecule has 19 heavy (non-hydrogen) atoms. The molecule has 2 heterocycles. The number of nitrogens with one attached hydrogen (secondary N) is 2. The molecule has 1 fully saturated rings. The van der Waals surface area contributed by atoms with Gasteiger partial charge in [0.15, 0.2) is 0 Å². The van der Waals surface area contributed by atoms with E-state index in [1.54, 1.807) is 6.07 Å². The third kappa shape index (κ3) is 3.28. The molecule has 1 aliphatic rings. The standard InChI is InChI=1S/C11H16N4O3S/c12-6-9-10(2-1-5-13-9)19(17,18)15-8-3-4-11(16)14-7-8/h1-2,5,8,15H,3-4,6-7,12H2,(H,14,16). The van der Waals surface area contributed by atoms with Crippen LogP contribution in [0, 0.1) is 0 Å². The molecule has 8 heteroatoms. The normalized spacial score (nSPS) is 20.1. The summed E-state index contributed by atoms with van der Waals surface area (Å²) in [5, 5.41) is 2.63. The molecule has 1 atom stereocenters. The molecule has 4 N–H and O–H groups in total. The van der Waals surface area contributed by atoms with Crippen molar-refractivity contribution < 1.29 is 13.2 Å². The summed E-state index contributed by atoms with van der Waals surface area (Å²) in [6.45, 7) is 0.356. The van der Waals surface area contributed by atoms with Gasteiger partial charge < -0.3 is 11.1 Å². The zero-order chi connectivity index (χ0) is 13.9. The fourth-order valence-corrected chi connectivity index (χ4v) is 3.41. The highest BCUT2D eigenvalue weighted by Gasteiger charge is 2.25. The number of rotatable bonds is 4. The average molecular weight is 284 g/mol. The van der Waals surface area contributed by atoms with Gasteiger partial charge in [-0.15, -0.1) is 0 Å². The second-order valence-corrected chi connectivity index (χ2v) is 6.00. The molecular formula is C11H16N4O3S. The largest absolute Gasteiger partial charge is 0.355 e. The second kappa shape index (κ2) is 5.64. The average Bonchev–Trinajstić information content (AvgIpc) is 2.41. The fraction of sp³-hybridized carbons (Fsp3) is 0.455. The Balaban J connectivity index is 2.16.